The van der Waals surface area contributed by atoms with E-state index in [2.05, 4.69) is 0 Å². The molecule has 7 nitrogen and oxygen atoms in total. The van der Waals surface area contributed by atoms with Crippen molar-refractivity contribution in [3.63, 3.8) is 0 Å². The van der Waals surface area contributed by atoms with Crippen LogP contribution >= 0.6 is 0 Å². The number of rotatable bonds is 5. The quantitative estimate of drug-likeness (QED) is 0.682. The first-order valence-corrected chi connectivity index (χ1v) is 11.2. The third-order valence-corrected chi connectivity index (χ3v) is 6.60. The Kier molecular flexibility index (Phi) is 5.25. The second kappa shape index (κ2) is 8.22. The number of benzene rings is 2. The van der Waals surface area contributed by atoms with Gasteiger partial charge in [-0.1, -0.05) is 30.3 Å². The number of para-hydroxylation sites is 1. The summed E-state index contributed by atoms with van der Waals surface area (Å²) >= 11 is 0. The molecular weight excluding hydrogens is 406 g/mol. The van der Waals surface area contributed by atoms with Gasteiger partial charge in [-0.25, -0.2) is 0 Å². The molecule has 1 unspecified atom stereocenters. The average molecular weight is 431 g/mol. The molecule has 1 fully saturated rings. The molecule has 7 heteroatoms. The molecule has 0 bridgehead atoms. The van der Waals surface area contributed by atoms with Crippen LogP contribution in [0.2, 0.25) is 0 Å². The summed E-state index contributed by atoms with van der Waals surface area (Å²) < 4.78 is 0. The molecule has 2 aromatic carbocycles. The van der Waals surface area contributed by atoms with Gasteiger partial charge in [0.05, 0.1) is 11.1 Å². The van der Waals surface area contributed by atoms with E-state index in [0.717, 1.165) is 37.2 Å². The number of amides is 4. The number of nitrogens with zero attached hydrogens (tertiary/aromatic N) is 3. The Bertz CT molecular complexity index is 1070. The van der Waals surface area contributed by atoms with Crippen LogP contribution in [0.3, 0.4) is 0 Å². The summed E-state index contributed by atoms with van der Waals surface area (Å²) in [6.07, 6.45) is 3.04. The zero-order valence-corrected chi connectivity index (χ0v) is 17.8. The van der Waals surface area contributed by atoms with Gasteiger partial charge in [0.1, 0.15) is 6.04 Å². The molecule has 0 spiro atoms. The highest BCUT2D eigenvalue weighted by Crippen LogP contribution is 2.34. The van der Waals surface area contributed by atoms with Gasteiger partial charge in [-0.05, 0) is 43.0 Å². The largest absolute Gasteiger partial charge is 0.341 e. The fraction of sp³-hybridized carbons (Fsp3) is 0.360. The van der Waals surface area contributed by atoms with Crippen molar-refractivity contribution in [2.24, 2.45) is 0 Å². The predicted molar refractivity (Wildman–Crippen MR) is 118 cm³/mol. The maximum atomic E-state index is 13.3. The van der Waals surface area contributed by atoms with Gasteiger partial charge >= 0.3 is 0 Å². The van der Waals surface area contributed by atoms with E-state index >= 15 is 0 Å². The van der Waals surface area contributed by atoms with E-state index in [1.807, 2.05) is 29.2 Å². The van der Waals surface area contributed by atoms with E-state index in [-0.39, 0.29) is 36.6 Å². The van der Waals surface area contributed by atoms with Crippen LogP contribution in [0.25, 0.3) is 0 Å². The molecule has 32 heavy (non-hydrogen) atoms. The third kappa shape index (κ3) is 3.38. The molecule has 164 valence electrons. The smallest absolute Gasteiger partial charge is 0.261 e. The molecule has 1 saturated heterocycles. The minimum atomic E-state index is -0.516. The van der Waals surface area contributed by atoms with Crippen LogP contribution in [0.1, 0.15) is 52.0 Å². The number of hydrogen-bond acceptors (Lipinski definition) is 4. The Balaban J connectivity index is 1.28. The van der Waals surface area contributed by atoms with Gasteiger partial charge < -0.3 is 4.90 Å². The number of imide groups is 1. The second-order valence-electron chi connectivity index (χ2n) is 8.56. The number of hydrogen-bond donors (Lipinski definition) is 0. The zero-order valence-electron chi connectivity index (χ0n) is 17.8. The third-order valence-electron chi connectivity index (χ3n) is 6.60. The Hall–Kier alpha value is -3.48. The summed E-state index contributed by atoms with van der Waals surface area (Å²) in [4.78, 5) is 56.2. The van der Waals surface area contributed by atoms with Crippen molar-refractivity contribution in [2.45, 2.75) is 38.1 Å². The molecule has 3 aliphatic rings. The van der Waals surface area contributed by atoms with E-state index in [1.54, 1.807) is 29.2 Å². The van der Waals surface area contributed by atoms with E-state index in [9.17, 15) is 19.2 Å². The summed E-state index contributed by atoms with van der Waals surface area (Å²) in [7, 11) is 0. The van der Waals surface area contributed by atoms with Crippen LogP contribution in [0.15, 0.2) is 48.5 Å². The molecule has 3 heterocycles. The van der Waals surface area contributed by atoms with Gasteiger partial charge in [0.25, 0.3) is 11.8 Å². The summed E-state index contributed by atoms with van der Waals surface area (Å²) in [5.74, 6) is -0.769. The van der Waals surface area contributed by atoms with Gasteiger partial charge in [-0.15, -0.1) is 0 Å². The topological polar surface area (TPSA) is 78.0 Å². The summed E-state index contributed by atoms with van der Waals surface area (Å²) in [5, 5.41) is 0. The summed E-state index contributed by atoms with van der Waals surface area (Å²) in [5.41, 5.74) is 2.61. The lowest BCUT2D eigenvalue weighted by Gasteiger charge is -2.28. The van der Waals surface area contributed by atoms with E-state index < -0.39 is 6.04 Å². The highest BCUT2D eigenvalue weighted by atomic mass is 16.2. The molecule has 0 N–H and O–H groups in total. The SMILES string of the molecule is O=C(C1Cc2ccccc2N1C(=O)CCCN1C(=O)c2ccccc2C1=O)N1CCCC1. The first-order valence-electron chi connectivity index (χ1n) is 11.2. The van der Waals surface area contributed by atoms with Crippen LogP contribution in [0, 0.1) is 0 Å². The zero-order chi connectivity index (χ0) is 22.2. The standard InChI is InChI=1S/C25H25N3O4/c29-22(12-7-15-27-23(30)18-9-2-3-10-19(18)24(27)31)28-20-11-4-1-8-17(20)16-21(28)25(32)26-13-5-6-14-26/h1-4,8-11,21H,5-7,12-16H2. The van der Waals surface area contributed by atoms with Crippen molar-refractivity contribution in [1.82, 2.24) is 9.80 Å². The molecule has 0 aliphatic carbocycles. The highest BCUT2D eigenvalue weighted by molar-refractivity contribution is 6.21. The van der Waals surface area contributed by atoms with Crippen molar-refractivity contribution in [3.05, 3.63) is 65.2 Å². The van der Waals surface area contributed by atoms with Crippen LogP contribution in [-0.4, -0.2) is 59.1 Å². The molecule has 5 rings (SSSR count). The molecule has 1 atom stereocenters. The molecular formula is C25H25N3O4. The molecule has 2 aromatic rings. The maximum absolute atomic E-state index is 13.3. The van der Waals surface area contributed by atoms with Crippen molar-refractivity contribution in [2.75, 3.05) is 24.5 Å². The first-order chi connectivity index (χ1) is 15.6. The van der Waals surface area contributed by atoms with Crippen LogP contribution in [-0.2, 0) is 16.0 Å². The van der Waals surface area contributed by atoms with Gasteiger partial charge in [0, 0.05) is 38.2 Å². The minimum absolute atomic E-state index is 0.00685. The van der Waals surface area contributed by atoms with Crippen molar-refractivity contribution in [1.29, 1.82) is 0 Å². The number of anilines is 1. The molecule has 0 aromatic heterocycles. The number of fused-ring (bicyclic) bond motifs is 2. The van der Waals surface area contributed by atoms with Crippen molar-refractivity contribution < 1.29 is 19.2 Å². The minimum Gasteiger partial charge on any atom is -0.341 e. The molecule has 4 amide bonds. The fourth-order valence-electron chi connectivity index (χ4n) is 4.99. The monoisotopic (exact) mass is 431 g/mol. The molecule has 0 saturated carbocycles. The lowest BCUT2D eigenvalue weighted by Crippen LogP contribution is -2.49. The van der Waals surface area contributed by atoms with Gasteiger partial charge in [0.2, 0.25) is 11.8 Å². The van der Waals surface area contributed by atoms with Crippen LogP contribution in [0.4, 0.5) is 5.69 Å². The normalized spacial score (nSPS) is 19.5. The Morgan fingerprint density at radius 2 is 1.50 bits per heavy atom. The van der Waals surface area contributed by atoms with Crippen molar-refractivity contribution >= 4 is 29.3 Å². The van der Waals surface area contributed by atoms with Crippen molar-refractivity contribution in [3.8, 4) is 0 Å². The van der Waals surface area contributed by atoms with E-state index in [1.165, 1.54) is 4.90 Å². The molecule has 3 aliphatic heterocycles. The maximum Gasteiger partial charge on any atom is 0.261 e. The summed E-state index contributed by atoms with van der Waals surface area (Å²) in [6.45, 7) is 1.67. The highest BCUT2D eigenvalue weighted by Gasteiger charge is 2.40. The molecule has 0 radical (unpaired) electrons. The van der Waals surface area contributed by atoms with E-state index in [4.69, 9.17) is 0 Å². The Morgan fingerprint density at radius 1 is 0.875 bits per heavy atom. The van der Waals surface area contributed by atoms with E-state index in [0.29, 0.717) is 24.0 Å². The van der Waals surface area contributed by atoms with Crippen LogP contribution in [0.5, 0.6) is 0 Å². The van der Waals surface area contributed by atoms with Gasteiger partial charge in [-0.3, -0.25) is 29.0 Å². The van der Waals surface area contributed by atoms with Gasteiger partial charge in [-0.2, -0.15) is 0 Å². The fourth-order valence-corrected chi connectivity index (χ4v) is 4.99. The Labute approximate surface area is 186 Å². The average Bonchev–Trinajstić information content (AvgIpc) is 3.53. The first kappa shape index (κ1) is 20.4. The van der Waals surface area contributed by atoms with Crippen LogP contribution < -0.4 is 4.90 Å². The lowest BCUT2D eigenvalue weighted by atomic mass is 10.1. The summed E-state index contributed by atoms with van der Waals surface area (Å²) in [6, 6.07) is 13.9. The predicted octanol–water partition coefficient (Wildman–Crippen LogP) is 2.64. The lowest BCUT2D eigenvalue weighted by molar-refractivity contribution is -0.133. The second-order valence-corrected chi connectivity index (χ2v) is 8.56. The number of carbonyl (C=O) groups excluding carboxylic acids is 4. The Morgan fingerprint density at radius 3 is 2.19 bits per heavy atom. The number of carbonyl (C=O) groups is 4. The number of likely N-dealkylation sites (tertiary alicyclic amines) is 1. The van der Waals surface area contributed by atoms with Gasteiger partial charge in [0.15, 0.2) is 0 Å².